The molecular weight excluding hydrogens is 404 g/mol. The van der Waals surface area contributed by atoms with E-state index in [1.54, 1.807) is 0 Å². The van der Waals surface area contributed by atoms with Gasteiger partial charge < -0.3 is 4.74 Å². The van der Waals surface area contributed by atoms with Crippen molar-refractivity contribution in [2.75, 3.05) is 7.11 Å². The molecule has 1 rings (SSSR count). The van der Waals surface area contributed by atoms with Crippen LogP contribution in [0.15, 0.2) is 58.2 Å². The van der Waals surface area contributed by atoms with E-state index in [1.165, 1.54) is 35.0 Å². The summed E-state index contributed by atoms with van der Waals surface area (Å²) in [5.74, 6) is 0.246. The summed E-state index contributed by atoms with van der Waals surface area (Å²) in [6, 6.07) is 0. The van der Waals surface area contributed by atoms with Crippen molar-refractivity contribution in [1.29, 1.82) is 0 Å². The van der Waals surface area contributed by atoms with Crippen LogP contribution in [-0.4, -0.2) is 13.1 Å². The molecule has 0 spiro atoms. The zero-order valence-electron chi connectivity index (χ0n) is 23.0. The summed E-state index contributed by atoms with van der Waals surface area (Å²) in [7, 11) is 1.52. The minimum atomic E-state index is -0.0502. The first kappa shape index (κ1) is 29.2. The van der Waals surface area contributed by atoms with Crippen LogP contribution in [0.25, 0.3) is 0 Å². The zero-order valence-corrected chi connectivity index (χ0v) is 23.0. The van der Waals surface area contributed by atoms with Crippen molar-refractivity contribution in [1.82, 2.24) is 0 Å². The van der Waals surface area contributed by atoms with Crippen LogP contribution in [0.3, 0.4) is 0 Å². The molecule has 0 heterocycles. The number of hydrogen-bond donors (Lipinski definition) is 0. The van der Waals surface area contributed by atoms with Gasteiger partial charge in [0.1, 0.15) is 0 Å². The number of esters is 1. The maximum atomic E-state index is 12.4. The molecule has 0 aromatic heterocycles. The second-order valence-corrected chi connectivity index (χ2v) is 10.9. The second kappa shape index (κ2) is 14.4. The monoisotopic (exact) mass is 454 g/mol. The molecule has 2 heteroatoms. The van der Waals surface area contributed by atoms with Crippen molar-refractivity contribution < 1.29 is 9.53 Å². The molecule has 0 saturated heterocycles. The topological polar surface area (TPSA) is 26.3 Å². The van der Waals surface area contributed by atoms with E-state index in [4.69, 9.17) is 4.74 Å². The van der Waals surface area contributed by atoms with E-state index in [1.807, 2.05) is 0 Å². The summed E-state index contributed by atoms with van der Waals surface area (Å²) in [5.41, 5.74) is 7.09. The summed E-state index contributed by atoms with van der Waals surface area (Å²) >= 11 is 0. The van der Waals surface area contributed by atoms with E-state index < -0.39 is 0 Å². The Balaban J connectivity index is 2.65. The van der Waals surface area contributed by atoms with Crippen LogP contribution in [0, 0.1) is 17.3 Å². The first-order valence-corrected chi connectivity index (χ1v) is 12.8. The number of hydrogen-bond acceptors (Lipinski definition) is 2. The predicted molar refractivity (Wildman–Crippen MR) is 144 cm³/mol. The van der Waals surface area contributed by atoms with Gasteiger partial charge in [-0.3, -0.25) is 4.79 Å². The molecule has 1 aliphatic carbocycles. The number of rotatable bonds is 14. The Morgan fingerprint density at radius 2 is 1.18 bits per heavy atom. The highest BCUT2D eigenvalue weighted by Gasteiger charge is 2.63. The van der Waals surface area contributed by atoms with Crippen LogP contribution < -0.4 is 0 Å². The van der Waals surface area contributed by atoms with Crippen LogP contribution in [0.5, 0.6) is 0 Å². The number of allylic oxidation sites excluding steroid dienone is 10. The smallest absolute Gasteiger partial charge is 0.309 e. The van der Waals surface area contributed by atoms with Gasteiger partial charge in [-0.15, -0.1) is 0 Å². The van der Waals surface area contributed by atoms with E-state index in [0.717, 1.165) is 51.4 Å². The van der Waals surface area contributed by atoms with Crippen LogP contribution in [0.1, 0.15) is 107 Å². The summed E-state index contributed by atoms with van der Waals surface area (Å²) < 4.78 is 5.15. The lowest BCUT2D eigenvalue weighted by molar-refractivity contribution is -0.143. The average Bonchev–Trinajstić information content (AvgIpc) is 3.29. The fourth-order valence-corrected chi connectivity index (χ4v) is 4.70. The fourth-order valence-electron chi connectivity index (χ4n) is 4.70. The van der Waals surface area contributed by atoms with Gasteiger partial charge in [0, 0.05) is 0 Å². The van der Waals surface area contributed by atoms with Crippen LogP contribution >= 0.6 is 0 Å². The Kier molecular flexibility index (Phi) is 12.8. The van der Waals surface area contributed by atoms with Crippen molar-refractivity contribution >= 4 is 5.97 Å². The zero-order chi connectivity index (χ0) is 25.0. The van der Waals surface area contributed by atoms with Crippen molar-refractivity contribution in [2.45, 2.75) is 107 Å². The van der Waals surface area contributed by atoms with Gasteiger partial charge in [0.2, 0.25) is 0 Å². The van der Waals surface area contributed by atoms with E-state index in [9.17, 15) is 4.79 Å². The summed E-state index contributed by atoms with van der Waals surface area (Å²) in [6.45, 7) is 17.6. The third-order valence-electron chi connectivity index (χ3n) is 7.03. The highest BCUT2D eigenvalue weighted by Crippen LogP contribution is 2.63. The lowest BCUT2D eigenvalue weighted by Gasteiger charge is -2.10. The lowest BCUT2D eigenvalue weighted by Crippen LogP contribution is -2.09. The lowest BCUT2D eigenvalue weighted by atomic mass is 9.95. The molecule has 0 unspecified atom stereocenters. The van der Waals surface area contributed by atoms with E-state index in [2.05, 4.69) is 85.8 Å². The number of carbonyl (C=O) groups excluding carboxylic acids is 1. The first-order chi connectivity index (χ1) is 15.5. The summed E-state index contributed by atoms with van der Waals surface area (Å²) in [6.07, 6.45) is 20.4. The van der Waals surface area contributed by atoms with Crippen molar-refractivity contribution in [3.63, 3.8) is 0 Å². The molecule has 1 fully saturated rings. The standard InChI is InChI=1S/C31H50O2/c1-23(2)14-10-16-25(5)18-12-19-27(7)22-28-29(30(32)33-9)31(28,8)21-13-20-26(6)17-11-15-24(3)4/h14-15,18,20,22,28-29H,10-13,16-17,19,21H2,1-9H3/b25-18+,26-20+,27-22+/t28-,29+,31-/m0/s1. The molecule has 186 valence electrons. The molecule has 0 aromatic rings. The van der Waals surface area contributed by atoms with Crippen molar-refractivity contribution in [3.05, 3.63) is 58.2 Å². The van der Waals surface area contributed by atoms with Crippen LogP contribution in [0.2, 0.25) is 0 Å². The molecule has 0 radical (unpaired) electrons. The third-order valence-corrected chi connectivity index (χ3v) is 7.03. The number of carbonyl (C=O) groups is 1. The molecular formula is C31H50O2. The quantitative estimate of drug-likeness (QED) is 0.193. The van der Waals surface area contributed by atoms with Crippen LogP contribution in [0.4, 0.5) is 0 Å². The first-order valence-electron chi connectivity index (χ1n) is 12.8. The highest BCUT2D eigenvalue weighted by atomic mass is 16.5. The Bertz CT molecular complexity index is 782. The number of ether oxygens (including phenoxy) is 1. The summed E-state index contributed by atoms with van der Waals surface area (Å²) in [4.78, 5) is 12.4. The molecule has 3 atom stereocenters. The molecule has 0 N–H and O–H groups in total. The normalized spacial score (nSPS) is 23.2. The minimum absolute atomic E-state index is 0.00169. The fraction of sp³-hybridized carbons (Fsp3) is 0.645. The van der Waals surface area contributed by atoms with Gasteiger partial charge in [0.15, 0.2) is 0 Å². The van der Waals surface area contributed by atoms with Crippen molar-refractivity contribution in [2.24, 2.45) is 17.3 Å². The minimum Gasteiger partial charge on any atom is -0.469 e. The second-order valence-electron chi connectivity index (χ2n) is 10.9. The molecule has 1 aliphatic rings. The molecule has 0 aromatic carbocycles. The van der Waals surface area contributed by atoms with Gasteiger partial charge in [0.05, 0.1) is 13.0 Å². The largest absolute Gasteiger partial charge is 0.469 e. The molecule has 0 aliphatic heterocycles. The summed E-state index contributed by atoms with van der Waals surface area (Å²) in [5, 5.41) is 0. The predicted octanol–water partition coefficient (Wildman–Crippen LogP) is 9.30. The van der Waals surface area contributed by atoms with Gasteiger partial charge in [-0.2, -0.15) is 0 Å². The Hall–Kier alpha value is -1.83. The van der Waals surface area contributed by atoms with Gasteiger partial charge in [-0.25, -0.2) is 0 Å². The van der Waals surface area contributed by atoms with Crippen molar-refractivity contribution in [3.8, 4) is 0 Å². The van der Waals surface area contributed by atoms with Gasteiger partial charge >= 0.3 is 5.97 Å². The Morgan fingerprint density at radius 3 is 1.67 bits per heavy atom. The molecule has 1 saturated carbocycles. The van der Waals surface area contributed by atoms with Gasteiger partial charge in [0.25, 0.3) is 0 Å². The van der Waals surface area contributed by atoms with E-state index in [-0.39, 0.29) is 17.3 Å². The highest BCUT2D eigenvalue weighted by molar-refractivity contribution is 5.78. The molecule has 2 nitrogen and oxygen atoms in total. The molecule has 0 amide bonds. The molecule has 33 heavy (non-hydrogen) atoms. The average molecular weight is 455 g/mol. The van der Waals surface area contributed by atoms with E-state index >= 15 is 0 Å². The van der Waals surface area contributed by atoms with E-state index in [0.29, 0.717) is 5.92 Å². The van der Waals surface area contributed by atoms with Crippen LogP contribution in [-0.2, 0) is 9.53 Å². The Morgan fingerprint density at radius 1 is 0.727 bits per heavy atom. The van der Waals surface area contributed by atoms with Gasteiger partial charge in [-0.1, -0.05) is 65.2 Å². The SMILES string of the molecule is COC(=O)[C@H]1[C@H](/C=C(\C)CC/C=C(\C)CCC=C(C)C)[C@]1(C)CC/C=C(\C)CCC=C(C)C. The third kappa shape index (κ3) is 10.8. The number of methoxy groups -OCH3 is 1. The maximum absolute atomic E-state index is 12.4. The maximum Gasteiger partial charge on any atom is 0.309 e. The molecule has 0 bridgehead atoms. The van der Waals surface area contributed by atoms with Gasteiger partial charge in [-0.05, 0) is 111 Å². The Labute approximate surface area is 205 Å².